The summed E-state index contributed by atoms with van der Waals surface area (Å²) in [5.41, 5.74) is 2.00. The van der Waals surface area contributed by atoms with Crippen LogP contribution in [0.15, 0.2) is 35.2 Å². The zero-order chi connectivity index (χ0) is 16.2. The first-order valence-corrected chi connectivity index (χ1v) is 9.00. The van der Waals surface area contributed by atoms with E-state index in [1.54, 1.807) is 19.1 Å². The lowest BCUT2D eigenvalue weighted by Crippen LogP contribution is -2.06. The minimum absolute atomic E-state index is 0.116. The van der Waals surface area contributed by atoms with Crippen molar-refractivity contribution < 1.29 is 8.42 Å². The molecule has 1 N–H and O–H groups in total. The fourth-order valence-corrected chi connectivity index (χ4v) is 2.96. The molecule has 0 saturated carbocycles. The van der Waals surface area contributed by atoms with Gasteiger partial charge in [-0.05, 0) is 31.0 Å². The van der Waals surface area contributed by atoms with Crippen molar-refractivity contribution in [2.24, 2.45) is 0 Å². The molecule has 0 atom stereocenters. The zero-order valence-corrected chi connectivity index (χ0v) is 13.9. The molecule has 1 aromatic carbocycles. The van der Waals surface area contributed by atoms with Gasteiger partial charge in [-0.3, -0.25) is 0 Å². The van der Waals surface area contributed by atoms with Gasteiger partial charge in [0.2, 0.25) is 0 Å². The summed E-state index contributed by atoms with van der Waals surface area (Å²) < 4.78 is 23.5. The molecule has 22 heavy (non-hydrogen) atoms. The van der Waals surface area contributed by atoms with E-state index in [9.17, 15) is 8.42 Å². The maximum absolute atomic E-state index is 11.8. The average molecular weight is 319 g/mol. The Morgan fingerprint density at radius 1 is 1.09 bits per heavy atom. The molecule has 0 aliphatic carbocycles. The predicted octanol–water partition coefficient (Wildman–Crippen LogP) is 2.75. The molecule has 5 nitrogen and oxygen atoms in total. The number of hydrogen-bond acceptors (Lipinski definition) is 5. The van der Waals surface area contributed by atoms with Crippen molar-refractivity contribution in [3.8, 4) is 0 Å². The third-order valence-corrected chi connectivity index (χ3v) is 5.14. The van der Waals surface area contributed by atoms with Crippen molar-refractivity contribution in [1.29, 1.82) is 0 Å². The first-order valence-electron chi connectivity index (χ1n) is 7.34. The van der Waals surface area contributed by atoms with Gasteiger partial charge in [-0.2, -0.15) is 0 Å². The SMILES string of the molecule is CCc1cc(NCc2ccc(S(=O)(=O)CC)cc2)nc(C)n1. The number of sulfone groups is 1. The third-order valence-electron chi connectivity index (χ3n) is 3.39. The quantitative estimate of drug-likeness (QED) is 0.886. The van der Waals surface area contributed by atoms with E-state index in [2.05, 4.69) is 22.2 Å². The van der Waals surface area contributed by atoms with E-state index in [0.29, 0.717) is 11.4 Å². The Labute approximate surface area is 131 Å². The molecule has 0 saturated heterocycles. The smallest absolute Gasteiger partial charge is 0.178 e. The summed E-state index contributed by atoms with van der Waals surface area (Å²) in [6.07, 6.45) is 0.863. The van der Waals surface area contributed by atoms with Gasteiger partial charge in [0, 0.05) is 18.3 Å². The molecule has 0 aliphatic heterocycles. The van der Waals surface area contributed by atoms with E-state index in [1.807, 2.05) is 25.1 Å². The average Bonchev–Trinajstić information content (AvgIpc) is 2.52. The number of rotatable bonds is 6. The molecular weight excluding hydrogens is 298 g/mol. The Hall–Kier alpha value is -1.95. The molecule has 118 valence electrons. The summed E-state index contributed by atoms with van der Waals surface area (Å²) in [4.78, 5) is 9.05. The van der Waals surface area contributed by atoms with Gasteiger partial charge in [-0.1, -0.05) is 26.0 Å². The number of anilines is 1. The van der Waals surface area contributed by atoms with Gasteiger partial charge < -0.3 is 5.32 Å². The first kappa shape index (κ1) is 16.4. The van der Waals surface area contributed by atoms with Crippen LogP contribution in [0.25, 0.3) is 0 Å². The number of aromatic nitrogens is 2. The summed E-state index contributed by atoms with van der Waals surface area (Å²) in [5, 5.41) is 3.25. The largest absolute Gasteiger partial charge is 0.366 e. The van der Waals surface area contributed by atoms with Crippen LogP contribution in [-0.2, 0) is 22.8 Å². The van der Waals surface area contributed by atoms with Crippen LogP contribution in [0.2, 0.25) is 0 Å². The van der Waals surface area contributed by atoms with Gasteiger partial charge in [-0.25, -0.2) is 18.4 Å². The first-order chi connectivity index (χ1) is 10.4. The Morgan fingerprint density at radius 2 is 1.77 bits per heavy atom. The van der Waals surface area contributed by atoms with E-state index >= 15 is 0 Å². The van der Waals surface area contributed by atoms with Crippen LogP contribution in [0.4, 0.5) is 5.82 Å². The van der Waals surface area contributed by atoms with Gasteiger partial charge in [0.25, 0.3) is 0 Å². The molecule has 0 radical (unpaired) electrons. The summed E-state index contributed by atoms with van der Waals surface area (Å²) in [5.74, 6) is 1.64. The van der Waals surface area contributed by atoms with E-state index in [4.69, 9.17) is 0 Å². The summed E-state index contributed by atoms with van der Waals surface area (Å²) in [6.45, 7) is 6.16. The van der Waals surface area contributed by atoms with Crippen molar-refractivity contribution >= 4 is 15.7 Å². The fourth-order valence-electron chi connectivity index (χ4n) is 2.08. The van der Waals surface area contributed by atoms with Crippen molar-refractivity contribution in [3.63, 3.8) is 0 Å². The normalized spacial score (nSPS) is 11.4. The third kappa shape index (κ3) is 4.04. The zero-order valence-electron chi connectivity index (χ0n) is 13.1. The highest BCUT2D eigenvalue weighted by Crippen LogP contribution is 2.14. The molecule has 6 heteroatoms. The Bertz CT molecular complexity index is 740. The summed E-state index contributed by atoms with van der Waals surface area (Å²) in [6, 6.07) is 8.88. The fraction of sp³-hybridized carbons (Fsp3) is 0.375. The molecule has 2 rings (SSSR count). The molecule has 1 heterocycles. The van der Waals surface area contributed by atoms with E-state index in [0.717, 1.165) is 29.3 Å². The van der Waals surface area contributed by atoms with Crippen molar-refractivity contribution in [2.45, 2.75) is 38.6 Å². The number of benzene rings is 1. The molecule has 0 fully saturated rings. The highest BCUT2D eigenvalue weighted by atomic mass is 32.2. The molecule has 0 bridgehead atoms. The Morgan fingerprint density at radius 3 is 2.36 bits per heavy atom. The highest BCUT2D eigenvalue weighted by molar-refractivity contribution is 7.91. The van der Waals surface area contributed by atoms with Crippen LogP contribution in [0, 0.1) is 6.92 Å². The topological polar surface area (TPSA) is 72.0 Å². The lowest BCUT2D eigenvalue weighted by molar-refractivity contribution is 0.597. The summed E-state index contributed by atoms with van der Waals surface area (Å²) in [7, 11) is -3.14. The summed E-state index contributed by atoms with van der Waals surface area (Å²) >= 11 is 0. The molecular formula is C16H21N3O2S. The molecule has 2 aromatic rings. The molecule has 0 unspecified atom stereocenters. The molecule has 0 amide bonds. The predicted molar refractivity (Wildman–Crippen MR) is 87.6 cm³/mol. The van der Waals surface area contributed by atoms with Gasteiger partial charge >= 0.3 is 0 Å². The van der Waals surface area contributed by atoms with Crippen molar-refractivity contribution in [1.82, 2.24) is 9.97 Å². The van der Waals surface area contributed by atoms with Crippen LogP contribution < -0.4 is 5.32 Å². The molecule has 0 spiro atoms. The standard InChI is InChI=1S/C16H21N3O2S/c1-4-14-10-16(19-12(3)18-14)17-11-13-6-8-15(9-7-13)22(20,21)5-2/h6-10H,4-5,11H2,1-3H3,(H,17,18,19). The van der Waals surface area contributed by atoms with Crippen molar-refractivity contribution in [3.05, 3.63) is 47.4 Å². The maximum atomic E-state index is 11.8. The Balaban J connectivity index is 2.08. The lowest BCUT2D eigenvalue weighted by atomic mass is 10.2. The highest BCUT2D eigenvalue weighted by Gasteiger charge is 2.10. The van der Waals surface area contributed by atoms with E-state index in [-0.39, 0.29) is 5.75 Å². The van der Waals surface area contributed by atoms with Gasteiger partial charge in [-0.15, -0.1) is 0 Å². The van der Waals surface area contributed by atoms with Crippen LogP contribution in [-0.4, -0.2) is 24.1 Å². The number of hydrogen-bond donors (Lipinski definition) is 1. The minimum atomic E-state index is -3.14. The second-order valence-electron chi connectivity index (χ2n) is 5.05. The monoisotopic (exact) mass is 319 g/mol. The molecule has 0 aliphatic rings. The van der Waals surface area contributed by atoms with Gasteiger partial charge in [0.1, 0.15) is 11.6 Å². The lowest BCUT2D eigenvalue weighted by Gasteiger charge is -2.09. The number of nitrogens with zero attached hydrogens (tertiary/aromatic N) is 2. The van der Waals surface area contributed by atoms with Crippen molar-refractivity contribution in [2.75, 3.05) is 11.1 Å². The van der Waals surface area contributed by atoms with Crippen LogP contribution in [0.1, 0.15) is 30.9 Å². The van der Waals surface area contributed by atoms with Crippen LogP contribution >= 0.6 is 0 Å². The number of nitrogens with one attached hydrogen (secondary N) is 1. The maximum Gasteiger partial charge on any atom is 0.178 e. The van der Waals surface area contributed by atoms with Gasteiger partial charge in [0.15, 0.2) is 9.84 Å². The van der Waals surface area contributed by atoms with E-state index in [1.165, 1.54) is 0 Å². The van der Waals surface area contributed by atoms with Gasteiger partial charge in [0.05, 0.1) is 10.6 Å². The van der Waals surface area contributed by atoms with Crippen LogP contribution in [0.5, 0.6) is 0 Å². The second kappa shape index (κ2) is 6.87. The van der Waals surface area contributed by atoms with E-state index < -0.39 is 9.84 Å². The second-order valence-corrected chi connectivity index (χ2v) is 7.32. The molecule has 1 aromatic heterocycles. The Kier molecular flexibility index (Phi) is 5.13. The minimum Gasteiger partial charge on any atom is -0.366 e. The van der Waals surface area contributed by atoms with Crippen LogP contribution in [0.3, 0.4) is 0 Å². The number of aryl methyl sites for hydroxylation is 2.